The first kappa shape index (κ1) is 18.0. The van der Waals surface area contributed by atoms with Crippen LogP contribution in [0.25, 0.3) is 0 Å². The molecule has 0 radical (unpaired) electrons. The molecule has 0 saturated carbocycles. The summed E-state index contributed by atoms with van der Waals surface area (Å²) in [5, 5.41) is 6.14. The third-order valence-electron chi connectivity index (χ3n) is 3.93. The predicted octanol–water partition coefficient (Wildman–Crippen LogP) is 3.56. The Bertz CT molecular complexity index is 742. The second-order valence-corrected chi connectivity index (χ2v) is 6.26. The van der Waals surface area contributed by atoms with E-state index < -0.39 is 0 Å². The monoisotopic (exact) mass is 344 g/mol. The maximum absolute atomic E-state index is 12.1. The lowest BCUT2D eigenvalue weighted by atomic mass is 10.1. The van der Waals surface area contributed by atoms with E-state index in [9.17, 15) is 9.59 Å². The average molecular weight is 345 g/mol. The number of hydrogen-bond acceptors (Lipinski definition) is 2. The predicted molar refractivity (Wildman–Crippen MR) is 96.3 cm³/mol. The molecule has 2 aromatic rings. The molecule has 2 rings (SSSR count). The fourth-order valence-electron chi connectivity index (χ4n) is 2.27. The Kier molecular flexibility index (Phi) is 5.99. The quantitative estimate of drug-likeness (QED) is 0.871. The minimum atomic E-state index is -0.257. The maximum Gasteiger partial charge on any atom is 0.251 e. The van der Waals surface area contributed by atoms with Gasteiger partial charge < -0.3 is 10.6 Å². The second kappa shape index (κ2) is 7.97. The van der Waals surface area contributed by atoms with E-state index >= 15 is 0 Å². The van der Waals surface area contributed by atoms with Crippen LogP contribution in [0.4, 0.5) is 0 Å². The largest absolute Gasteiger partial charge is 0.348 e. The molecule has 0 spiro atoms. The highest BCUT2D eigenvalue weighted by Gasteiger charge is 2.12. The van der Waals surface area contributed by atoms with Gasteiger partial charge in [-0.1, -0.05) is 29.8 Å². The highest BCUT2D eigenvalue weighted by Crippen LogP contribution is 2.15. The van der Waals surface area contributed by atoms with Crippen molar-refractivity contribution in [3.63, 3.8) is 0 Å². The van der Waals surface area contributed by atoms with Gasteiger partial charge >= 0.3 is 0 Å². The van der Waals surface area contributed by atoms with Crippen LogP contribution in [0.1, 0.15) is 40.0 Å². The summed E-state index contributed by atoms with van der Waals surface area (Å²) in [5.41, 5.74) is 3.68. The van der Waals surface area contributed by atoms with Gasteiger partial charge in [0.2, 0.25) is 5.91 Å². The summed E-state index contributed by atoms with van der Waals surface area (Å²) in [6.07, 6.45) is 0. The molecule has 0 aliphatic carbocycles. The Labute approximate surface area is 147 Å². The van der Waals surface area contributed by atoms with Gasteiger partial charge in [-0.05, 0) is 61.7 Å². The first-order valence-electron chi connectivity index (χ1n) is 7.77. The van der Waals surface area contributed by atoms with Crippen molar-refractivity contribution in [2.24, 2.45) is 0 Å². The zero-order chi connectivity index (χ0) is 17.7. The number of carbonyl (C=O) groups excluding carboxylic acids is 2. The molecule has 2 N–H and O–H groups in total. The van der Waals surface area contributed by atoms with E-state index in [-0.39, 0.29) is 24.4 Å². The molecule has 0 aliphatic heterocycles. The van der Waals surface area contributed by atoms with Crippen LogP contribution in [-0.4, -0.2) is 18.4 Å². The molecular formula is C19H21ClN2O2. The van der Waals surface area contributed by atoms with Crippen molar-refractivity contribution in [3.8, 4) is 0 Å². The van der Waals surface area contributed by atoms with E-state index in [0.717, 1.165) is 16.7 Å². The van der Waals surface area contributed by atoms with E-state index in [2.05, 4.69) is 10.6 Å². The molecule has 24 heavy (non-hydrogen) atoms. The first-order chi connectivity index (χ1) is 11.4. The molecule has 0 heterocycles. The Hall–Kier alpha value is -2.33. The van der Waals surface area contributed by atoms with Gasteiger partial charge in [0.05, 0.1) is 12.6 Å². The van der Waals surface area contributed by atoms with Gasteiger partial charge in [0.1, 0.15) is 0 Å². The van der Waals surface area contributed by atoms with E-state index in [0.29, 0.717) is 10.6 Å². The normalized spacial score (nSPS) is 11.7. The van der Waals surface area contributed by atoms with E-state index in [1.807, 2.05) is 45.0 Å². The van der Waals surface area contributed by atoms with Crippen LogP contribution in [-0.2, 0) is 4.79 Å². The van der Waals surface area contributed by atoms with Crippen molar-refractivity contribution >= 4 is 23.4 Å². The van der Waals surface area contributed by atoms with Crippen molar-refractivity contribution in [2.75, 3.05) is 6.54 Å². The molecule has 2 aromatic carbocycles. The summed E-state index contributed by atoms with van der Waals surface area (Å²) in [7, 11) is 0. The van der Waals surface area contributed by atoms with Crippen LogP contribution in [0, 0.1) is 13.8 Å². The highest BCUT2D eigenvalue weighted by atomic mass is 35.5. The molecule has 0 saturated heterocycles. The van der Waals surface area contributed by atoms with Crippen molar-refractivity contribution < 1.29 is 9.59 Å². The van der Waals surface area contributed by atoms with Crippen LogP contribution < -0.4 is 10.6 Å². The molecule has 1 atom stereocenters. The standard InChI is InChI=1S/C19H21ClN2O2/c1-12-4-5-16(10-13(12)2)19(24)21-11-18(23)22-14(3)15-6-8-17(20)9-7-15/h4-10,14H,11H2,1-3H3,(H,21,24)(H,22,23)/t14-/m1/s1. The number of carbonyl (C=O) groups is 2. The number of benzene rings is 2. The van der Waals surface area contributed by atoms with Gasteiger partial charge in [0, 0.05) is 10.6 Å². The fourth-order valence-corrected chi connectivity index (χ4v) is 2.40. The Morgan fingerprint density at radius 3 is 2.33 bits per heavy atom. The molecule has 5 heteroatoms. The average Bonchev–Trinajstić information content (AvgIpc) is 2.55. The Morgan fingerprint density at radius 2 is 1.71 bits per heavy atom. The van der Waals surface area contributed by atoms with Crippen LogP contribution in [0.2, 0.25) is 5.02 Å². The minimum Gasteiger partial charge on any atom is -0.348 e. The van der Waals surface area contributed by atoms with E-state index in [1.54, 1.807) is 18.2 Å². The van der Waals surface area contributed by atoms with Gasteiger partial charge in [-0.15, -0.1) is 0 Å². The number of nitrogens with one attached hydrogen (secondary N) is 2. The van der Waals surface area contributed by atoms with Gasteiger partial charge in [-0.2, -0.15) is 0 Å². The summed E-state index contributed by atoms with van der Waals surface area (Å²) in [6, 6.07) is 12.6. The van der Waals surface area contributed by atoms with Gasteiger partial charge in [0.25, 0.3) is 5.91 Å². The van der Waals surface area contributed by atoms with Gasteiger partial charge in [-0.25, -0.2) is 0 Å². The summed E-state index contributed by atoms with van der Waals surface area (Å²) in [6.45, 7) is 5.76. The molecular weight excluding hydrogens is 324 g/mol. The molecule has 0 aromatic heterocycles. The Balaban J connectivity index is 1.87. The summed E-state index contributed by atoms with van der Waals surface area (Å²) in [5.74, 6) is -0.498. The molecule has 0 aliphatic rings. The van der Waals surface area contributed by atoms with Crippen molar-refractivity contribution in [3.05, 3.63) is 69.7 Å². The second-order valence-electron chi connectivity index (χ2n) is 5.82. The number of hydrogen-bond donors (Lipinski definition) is 2. The third-order valence-corrected chi connectivity index (χ3v) is 4.18. The molecule has 4 nitrogen and oxygen atoms in total. The number of rotatable bonds is 5. The number of halogens is 1. The van der Waals surface area contributed by atoms with Crippen LogP contribution >= 0.6 is 11.6 Å². The van der Waals surface area contributed by atoms with Gasteiger partial charge in [-0.3, -0.25) is 9.59 Å². The van der Waals surface area contributed by atoms with Crippen LogP contribution in [0.5, 0.6) is 0 Å². The SMILES string of the molecule is Cc1ccc(C(=O)NCC(=O)N[C@H](C)c2ccc(Cl)cc2)cc1C. The lowest BCUT2D eigenvalue weighted by molar-refractivity contribution is -0.120. The summed E-state index contributed by atoms with van der Waals surface area (Å²) < 4.78 is 0. The first-order valence-corrected chi connectivity index (χ1v) is 8.15. The third kappa shape index (κ3) is 4.83. The lowest BCUT2D eigenvalue weighted by Crippen LogP contribution is -2.38. The van der Waals surface area contributed by atoms with Crippen molar-refractivity contribution in [1.29, 1.82) is 0 Å². The van der Waals surface area contributed by atoms with Crippen molar-refractivity contribution in [2.45, 2.75) is 26.8 Å². The van der Waals surface area contributed by atoms with E-state index in [1.165, 1.54) is 0 Å². The maximum atomic E-state index is 12.1. The van der Waals surface area contributed by atoms with E-state index in [4.69, 9.17) is 11.6 Å². The molecule has 0 unspecified atom stereocenters. The lowest BCUT2D eigenvalue weighted by Gasteiger charge is -2.15. The van der Waals surface area contributed by atoms with Crippen LogP contribution in [0.3, 0.4) is 0 Å². The summed E-state index contributed by atoms with van der Waals surface area (Å²) in [4.78, 5) is 24.1. The van der Waals surface area contributed by atoms with Crippen molar-refractivity contribution in [1.82, 2.24) is 10.6 Å². The Morgan fingerprint density at radius 1 is 1.04 bits per heavy atom. The fraction of sp³-hybridized carbons (Fsp3) is 0.263. The zero-order valence-electron chi connectivity index (χ0n) is 14.0. The molecule has 126 valence electrons. The molecule has 2 amide bonds. The zero-order valence-corrected chi connectivity index (χ0v) is 14.8. The molecule has 0 fully saturated rings. The van der Waals surface area contributed by atoms with Crippen LogP contribution in [0.15, 0.2) is 42.5 Å². The molecule has 0 bridgehead atoms. The summed E-state index contributed by atoms with van der Waals surface area (Å²) >= 11 is 5.85. The highest BCUT2D eigenvalue weighted by molar-refractivity contribution is 6.30. The number of amides is 2. The van der Waals surface area contributed by atoms with Gasteiger partial charge in [0.15, 0.2) is 0 Å². The number of aryl methyl sites for hydroxylation is 2. The minimum absolute atomic E-state index is 0.0658. The topological polar surface area (TPSA) is 58.2 Å². The smallest absolute Gasteiger partial charge is 0.251 e.